The van der Waals surface area contributed by atoms with Crippen LogP contribution in [-0.4, -0.2) is 11.8 Å². The van der Waals surface area contributed by atoms with Crippen molar-refractivity contribution in [3.63, 3.8) is 0 Å². The van der Waals surface area contributed by atoms with E-state index in [0.717, 1.165) is 23.1 Å². The number of hydrogen-bond donors (Lipinski definition) is 1. The van der Waals surface area contributed by atoms with Crippen LogP contribution < -0.4 is 14.8 Å². The molecule has 0 saturated heterocycles. The lowest BCUT2D eigenvalue weighted by Crippen LogP contribution is -2.29. The summed E-state index contributed by atoms with van der Waals surface area (Å²) in [6.45, 7) is 6.18. The van der Waals surface area contributed by atoms with E-state index >= 15 is 0 Å². The number of rotatable bonds is 3. The molecule has 1 aliphatic heterocycles. The first kappa shape index (κ1) is 13.6. The summed E-state index contributed by atoms with van der Waals surface area (Å²) >= 11 is 0. The second kappa shape index (κ2) is 5.19. The SMILES string of the molecule is CCC1CCCC(Nc2ccc3c(c2)OC(C)(C)O3)C1. The average Bonchev–Trinajstić information content (AvgIpc) is 2.72. The van der Waals surface area contributed by atoms with Crippen LogP contribution in [0.4, 0.5) is 5.69 Å². The Bertz CT molecular complexity index is 484. The Labute approximate surface area is 121 Å². The predicted octanol–water partition coefficient (Wildman–Crippen LogP) is 4.57. The van der Waals surface area contributed by atoms with Crippen molar-refractivity contribution >= 4 is 5.69 Å². The van der Waals surface area contributed by atoms with E-state index in [1.54, 1.807) is 0 Å². The first-order valence-corrected chi connectivity index (χ1v) is 7.84. The maximum absolute atomic E-state index is 5.80. The first-order valence-electron chi connectivity index (χ1n) is 7.84. The van der Waals surface area contributed by atoms with Crippen LogP contribution in [0.1, 0.15) is 52.9 Å². The summed E-state index contributed by atoms with van der Waals surface area (Å²) < 4.78 is 11.5. The van der Waals surface area contributed by atoms with Gasteiger partial charge in [0.15, 0.2) is 11.5 Å². The second-order valence-electron chi connectivity index (χ2n) is 6.55. The molecular formula is C17H25NO2. The molecule has 110 valence electrons. The Hall–Kier alpha value is -1.38. The van der Waals surface area contributed by atoms with Crippen molar-refractivity contribution in [1.82, 2.24) is 0 Å². The van der Waals surface area contributed by atoms with Crippen LogP contribution >= 0.6 is 0 Å². The lowest BCUT2D eigenvalue weighted by molar-refractivity contribution is -0.0431. The van der Waals surface area contributed by atoms with E-state index in [9.17, 15) is 0 Å². The van der Waals surface area contributed by atoms with E-state index in [1.807, 2.05) is 19.9 Å². The highest BCUT2D eigenvalue weighted by atomic mass is 16.7. The van der Waals surface area contributed by atoms with Gasteiger partial charge in [-0.1, -0.05) is 26.2 Å². The van der Waals surface area contributed by atoms with E-state index in [-0.39, 0.29) is 0 Å². The van der Waals surface area contributed by atoms with Gasteiger partial charge in [-0.3, -0.25) is 0 Å². The van der Waals surface area contributed by atoms with Gasteiger partial charge in [0.1, 0.15) is 0 Å². The first-order chi connectivity index (χ1) is 9.55. The van der Waals surface area contributed by atoms with Gasteiger partial charge < -0.3 is 14.8 Å². The molecular weight excluding hydrogens is 250 g/mol. The maximum atomic E-state index is 5.80. The largest absolute Gasteiger partial charge is 0.449 e. The predicted molar refractivity (Wildman–Crippen MR) is 81.4 cm³/mol. The Morgan fingerprint density at radius 1 is 1.20 bits per heavy atom. The van der Waals surface area contributed by atoms with Gasteiger partial charge in [0, 0.05) is 31.6 Å². The average molecular weight is 275 g/mol. The number of anilines is 1. The van der Waals surface area contributed by atoms with Crippen LogP contribution in [0.25, 0.3) is 0 Å². The number of ether oxygens (including phenoxy) is 2. The topological polar surface area (TPSA) is 30.5 Å². The molecule has 1 aliphatic carbocycles. The summed E-state index contributed by atoms with van der Waals surface area (Å²) in [6, 6.07) is 6.77. The Morgan fingerprint density at radius 2 is 2.00 bits per heavy atom. The fourth-order valence-electron chi connectivity index (χ4n) is 3.34. The Kier molecular flexibility index (Phi) is 3.53. The van der Waals surface area contributed by atoms with Crippen LogP contribution in [0.15, 0.2) is 18.2 Å². The van der Waals surface area contributed by atoms with Crippen molar-refractivity contribution in [2.75, 3.05) is 5.32 Å². The molecule has 1 fully saturated rings. The van der Waals surface area contributed by atoms with Crippen LogP contribution in [0, 0.1) is 5.92 Å². The number of benzene rings is 1. The summed E-state index contributed by atoms with van der Waals surface area (Å²) in [6.07, 6.45) is 6.60. The van der Waals surface area contributed by atoms with E-state index in [0.29, 0.717) is 6.04 Å². The van der Waals surface area contributed by atoms with Gasteiger partial charge in [0.25, 0.3) is 0 Å². The van der Waals surface area contributed by atoms with Gasteiger partial charge in [-0.2, -0.15) is 0 Å². The van der Waals surface area contributed by atoms with Gasteiger partial charge in [0.2, 0.25) is 5.79 Å². The van der Waals surface area contributed by atoms with Gasteiger partial charge in [0.05, 0.1) is 0 Å². The molecule has 3 heteroatoms. The molecule has 1 heterocycles. The zero-order chi connectivity index (χ0) is 14.2. The molecule has 0 aromatic heterocycles. The highest BCUT2D eigenvalue weighted by Crippen LogP contribution is 2.41. The third-order valence-corrected chi connectivity index (χ3v) is 4.39. The van der Waals surface area contributed by atoms with Gasteiger partial charge in [-0.25, -0.2) is 0 Å². The highest BCUT2D eigenvalue weighted by Gasteiger charge is 2.31. The second-order valence-corrected chi connectivity index (χ2v) is 6.55. The highest BCUT2D eigenvalue weighted by molar-refractivity contribution is 5.56. The summed E-state index contributed by atoms with van der Waals surface area (Å²) in [5.74, 6) is 2.03. The van der Waals surface area contributed by atoms with Crippen molar-refractivity contribution < 1.29 is 9.47 Å². The molecule has 20 heavy (non-hydrogen) atoms. The molecule has 0 bridgehead atoms. The summed E-state index contributed by atoms with van der Waals surface area (Å²) in [4.78, 5) is 0. The van der Waals surface area contributed by atoms with Crippen molar-refractivity contribution in [2.45, 2.75) is 64.7 Å². The smallest absolute Gasteiger partial charge is 0.246 e. The number of nitrogens with one attached hydrogen (secondary N) is 1. The fourth-order valence-corrected chi connectivity index (χ4v) is 3.34. The molecule has 2 unspecified atom stereocenters. The summed E-state index contributed by atoms with van der Waals surface area (Å²) in [5.41, 5.74) is 1.15. The van der Waals surface area contributed by atoms with Crippen LogP contribution in [0.2, 0.25) is 0 Å². The van der Waals surface area contributed by atoms with Crippen LogP contribution in [0.5, 0.6) is 11.5 Å². The summed E-state index contributed by atoms with van der Waals surface area (Å²) in [5, 5.41) is 3.67. The third kappa shape index (κ3) is 2.87. The molecule has 1 aromatic rings. The molecule has 3 nitrogen and oxygen atoms in total. The van der Waals surface area contributed by atoms with Gasteiger partial charge >= 0.3 is 0 Å². The van der Waals surface area contributed by atoms with E-state index < -0.39 is 5.79 Å². The minimum absolute atomic E-state index is 0.543. The minimum atomic E-state index is -0.543. The molecule has 0 radical (unpaired) electrons. The maximum Gasteiger partial charge on any atom is 0.246 e. The normalized spacial score (nSPS) is 27.4. The monoisotopic (exact) mass is 275 g/mol. The zero-order valence-corrected chi connectivity index (χ0v) is 12.7. The molecule has 0 amide bonds. The van der Waals surface area contributed by atoms with Gasteiger partial charge in [-0.05, 0) is 30.9 Å². The molecule has 2 atom stereocenters. The quantitative estimate of drug-likeness (QED) is 0.876. The van der Waals surface area contributed by atoms with Crippen LogP contribution in [-0.2, 0) is 0 Å². The molecule has 3 rings (SSSR count). The van der Waals surface area contributed by atoms with Crippen molar-refractivity contribution in [1.29, 1.82) is 0 Å². The summed E-state index contributed by atoms with van der Waals surface area (Å²) in [7, 11) is 0. The standard InChI is InChI=1S/C17H25NO2/c1-4-12-6-5-7-13(10-12)18-14-8-9-15-16(11-14)20-17(2,3)19-15/h8-9,11-13,18H,4-7,10H2,1-3H3. The Morgan fingerprint density at radius 3 is 2.80 bits per heavy atom. The van der Waals surface area contributed by atoms with E-state index in [4.69, 9.17) is 9.47 Å². The van der Waals surface area contributed by atoms with Crippen molar-refractivity contribution in [3.8, 4) is 11.5 Å². The number of fused-ring (bicyclic) bond motifs is 1. The van der Waals surface area contributed by atoms with Crippen molar-refractivity contribution in [2.24, 2.45) is 5.92 Å². The van der Waals surface area contributed by atoms with E-state index in [2.05, 4.69) is 24.4 Å². The van der Waals surface area contributed by atoms with Crippen LogP contribution in [0.3, 0.4) is 0 Å². The number of hydrogen-bond acceptors (Lipinski definition) is 3. The molecule has 1 N–H and O–H groups in total. The molecule has 1 aromatic carbocycles. The zero-order valence-electron chi connectivity index (χ0n) is 12.7. The van der Waals surface area contributed by atoms with Gasteiger partial charge in [-0.15, -0.1) is 0 Å². The third-order valence-electron chi connectivity index (χ3n) is 4.39. The van der Waals surface area contributed by atoms with E-state index in [1.165, 1.54) is 32.1 Å². The molecule has 2 aliphatic rings. The fraction of sp³-hybridized carbons (Fsp3) is 0.647. The lowest BCUT2D eigenvalue weighted by Gasteiger charge is -2.29. The van der Waals surface area contributed by atoms with Crippen molar-refractivity contribution in [3.05, 3.63) is 18.2 Å². The molecule has 0 spiro atoms. The lowest BCUT2D eigenvalue weighted by atomic mass is 9.84. The minimum Gasteiger partial charge on any atom is -0.449 e. The molecule has 1 saturated carbocycles. The Balaban J connectivity index is 1.67.